The second-order valence-electron chi connectivity index (χ2n) is 5.45. The standard InChI is InChI=1S/C19H15ClN2O2/c1-21-17-11-22-19-15(17)8-13(9-16(19)20)14(10-18(23)24-2)12-6-4-3-5-7-12/h3-9,11,14,22H,10H2,2H3. The van der Waals surface area contributed by atoms with Crippen LogP contribution in [-0.4, -0.2) is 18.1 Å². The molecular formula is C19H15ClN2O2. The van der Waals surface area contributed by atoms with E-state index < -0.39 is 0 Å². The Bertz CT molecular complexity index is 926. The lowest BCUT2D eigenvalue weighted by atomic mass is 9.88. The van der Waals surface area contributed by atoms with Gasteiger partial charge in [-0.2, -0.15) is 0 Å². The minimum Gasteiger partial charge on any atom is -0.469 e. The van der Waals surface area contributed by atoms with Gasteiger partial charge in [0.25, 0.3) is 0 Å². The molecule has 1 aromatic heterocycles. The monoisotopic (exact) mass is 338 g/mol. The van der Waals surface area contributed by atoms with E-state index in [1.54, 1.807) is 6.20 Å². The van der Waals surface area contributed by atoms with E-state index >= 15 is 0 Å². The summed E-state index contributed by atoms with van der Waals surface area (Å²) in [6.07, 6.45) is 1.85. The van der Waals surface area contributed by atoms with Crippen molar-refractivity contribution in [3.63, 3.8) is 0 Å². The second-order valence-corrected chi connectivity index (χ2v) is 5.86. The van der Waals surface area contributed by atoms with E-state index in [1.807, 2.05) is 42.5 Å². The number of benzene rings is 2. The van der Waals surface area contributed by atoms with E-state index in [0.29, 0.717) is 10.7 Å². The molecule has 0 aliphatic heterocycles. The molecule has 3 aromatic rings. The second kappa shape index (κ2) is 6.77. The van der Waals surface area contributed by atoms with E-state index in [0.717, 1.165) is 22.0 Å². The van der Waals surface area contributed by atoms with Crippen LogP contribution in [0.15, 0.2) is 48.7 Å². The minimum atomic E-state index is -0.292. The molecule has 0 spiro atoms. The summed E-state index contributed by atoms with van der Waals surface area (Å²) in [6.45, 7) is 7.29. The van der Waals surface area contributed by atoms with Gasteiger partial charge in [-0.25, -0.2) is 4.85 Å². The van der Waals surface area contributed by atoms with Crippen molar-refractivity contribution in [3.05, 3.63) is 76.2 Å². The van der Waals surface area contributed by atoms with Gasteiger partial charge in [0.15, 0.2) is 0 Å². The van der Waals surface area contributed by atoms with Gasteiger partial charge in [-0.3, -0.25) is 4.79 Å². The van der Waals surface area contributed by atoms with Gasteiger partial charge in [0, 0.05) is 17.5 Å². The zero-order chi connectivity index (χ0) is 17.1. The third-order valence-corrected chi connectivity index (χ3v) is 4.36. The summed E-state index contributed by atoms with van der Waals surface area (Å²) in [4.78, 5) is 18.4. The molecule has 0 amide bonds. The number of aromatic nitrogens is 1. The van der Waals surface area contributed by atoms with Crippen LogP contribution in [0.3, 0.4) is 0 Å². The van der Waals surface area contributed by atoms with Crippen LogP contribution in [0.1, 0.15) is 23.5 Å². The number of hydrogen-bond acceptors (Lipinski definition) is 2. The molecule has 24 heavy (non-hydrogen) atoms. The fraction of sp³-hybridized carbons (Fsp3) is 0.158. The largest absolute Gasteiger partial charge is 0.469 e. The van der Waals surface area contributed by atoms with Crippen molar-refractivity contribution >= 4 is 34.2 Å². The first-order valence-corrected chi connectivity index (χ1v) is 7.81. The first kappa shape index (κ1) is 16.1. The van der Waals surface area contributed by atoms with Crippen molar-refractivity contribution in [1.82, 2.24) is 4.98 Å². The smallest absolute Gasteiger partial charge is 0.306 e. The number of aromatic amines is 1. The maximum Gasteiger partial charge on any atom is 0.306 e. The number of methoxy groups -OCH3 is 1. The maximum atomic E-state index is 11.9. The Kier molecular flexibility index (Phi) is 4.54. The minimum absolute atomic E-state index is 0.186. The predicted octanol–water partition coefficient (Wildman–Crippen LogP) is 5.07. The van der Waals surface area contributed by atoms with Crippen LogP contribution in [0.5, 0.6) is 0 Å². The fourth-order valence-electron chi connectivity index (χ4n) is 2.85. The molecule has 120 valence electrons. The molecule has 0 aliphatic rings. The van der Waals surface area contributed by atoms with Crippen LogP contribution in [0.2, 0.25) is 5.02 Å². The van der Waals surface area contributed by atoms with Gasteiger partial charge in [-0.1, -0.05) is 48.0 Å². The normalized spacial score (nSPS) is 11.9. The summed E-state index contributed by atoms with van der Waals surface area (Å²) < 4.78 is 4.84. The molecule has 3 rings (SSSR count). The highest BCUT2D eigenvalue weighted by molar-refractivity contribution is 6.35. The highest BCUT2D eigenvalue weighted by Gasteiger charge is 2.21. The van der Waals surface area contributed by atoms with Crippen molar-refractivity contribution in [3.8, 4) is 0 Å². The number of fused-ring (bicyclic) bond motifs is 1. The maximum absolute atomic E-state index is 11.9. The molecule has 0 bridgehead atoms. The number of hydrogen-bond donors (Lipinski definition) is 1. The average molecular weight is 339 g/mol. The van der Waals surface area contributed by atoms with Crippen molar-refractivity contribution in [2.24, 2.45) is 0 Å². The predicted molar refractivity (Wildman–Crippen MR) is 94.5 cm³/mol. The Hall–Kier alpha value is -2.77. The Morgan fingerprint density at radius 1 is 1.29 bits per heavy atom. The van der Waals surface area contributed by atoms with E-state index in [4.69, 9.17) is 22.9 Å². The third-order valence-electron chi connectivity index (χ3n) is 4.06. The van der Waals surface area contributed by atoms with E-state index in [1.165, 1.54) is 7.11 Å². The number of carbonyl (C=O) groups is 1. The summed E-state index contributed by atoms with van der Waals surface area (Å²) in [5.74, 6) is -0.478. The number of H-pyrrole nitrogens is 1. The Balaban J connectivity index is 2.15. The Morgan fingerprint density at radius 3 is 2.71 bits per heavy atom. The molecule has 1 atom stereocenters. The zero-order valence-electron chi connectivity index (χ0n) is 13.0. The summed E-state index contributed by atoms with van der Waals surface area (Å²) in [6, 6.07) is 13.5. The molecule has 1 heterocycles. The van der Waals surface area contributed by atoms with Crippen LogP contribution in [0, 0.1) is 6.57 Å². The van der Waals surface area contributed by atoms with Crippen LogP contribution in [0.4, 0.5) is 5.69 Å². The molecule has 5 heteroatoms. The number of nitrogens with one attached hydrogen (secondary N) is 1. The first-order valence-electron chi connectivity index (χ1n) is 7.43. The molecule has 0 aliphatic carbocycles. The van der Waals surface area contributed by atoms with Crippen molar-refractivity contribution in [2.45, 2.75) is 12.3 Å². The number of rotatable bonds is 4. The van der Waals surface area contributed by atoms with Gasteiger partial charge in [-0.05, 0) is 17.2 Å². The lowest BCUT2D eigenvalue weighted by Crippen LogP contribution is -2.10. The molecule has 2 aromatic carbocycles. The quantitative estimate of drug-likeness (QED) is 0.533. The average Bonchev–Trinajstić information content (AvgIpc) is 3.03. The molecule has 1 N–H and O–H groups in total. The van der Waals surface area contributed by atoms with Crippen molar-refractivity contribution in [1.29, 1.82) is 0 Å². The number of ether oxygens (including phenoxy) is 1. The van der Waals surface area contributed by atoms with Gasteiger partial charge in [-0.15, -0.1) is 0 Å². The summed E-state index contributed by atoms with van der Waals surface area (Å²) >= 11 is 6.38. The number of halogens is 1. The van der Waals surface area contributed by atoms with Crippen LogP contribution in [0.25, 0.3) is 15.7 Å². The number of carbonyl (C=O) groups excluding carboxylic acids is 1. The van der Waals surface area contributed by atoms with E-state index in [2.05, 4.69) is 9.83 Å². The molecule has 0 fully saturated rings. The van der Waals surface area contributed by atoms with Gasteiger partial charge < -0.3 is 9.72 Å². The molecular weight excluding hydrogens is 324 g/mol. The highest BCUT2D eigenvalue weighted by atomic mass is 35.5. The molecule has 4 nitrogen and oxygen atoms in total. The SMILES string of the molecule is [C-]#[N+]c1c[nH]c2c(Cl)cc(C(CC(=O)OC)c3ccccc3)cc12. The molecule has 0 saturated heterocycles. The Labute approximate surface area is 144 Å². The zero-order valence-corrected chi connectivity index (χ0v) is 13.8. The summed E-state index contributed by atoms with van der Waals surface area (Å²) in [7, 11) is 1.38. The van der Waals surface area contributed by atoms with Crippen LogP contribution >= 0.6 is 11.6 Å². The molecule has 1 unspecified atom stereocenters. The molecule has 0 saturated carbocycles. The fourth-order valence-corrected chi connectivity index (χ4v) is 3.13. The number of nitrogens with zero attached hydrogens (tertiary/aromatic N) is 1. The third kappa shape index (κ3) is 2.99. The first-order chi connectivity index (χ1) is 11.6. The van der Waals surface area contributed by atoms with E-state index in [-0.39, 0.29) is 18.3 Å². The summed E-state index contributed by atoms with van der Waals surface area (Å²) in [5.41, 5.74) is 3.13. The number of esters is 1. The Morgan fingerprint density at radius 2 is 2.04 bits per heavy atom. The lowest BCUT2D eigenvalue weighted by molar-refractivity contribution is -0.140. The lowest BCUT2D eigenvalue weighted by Gasteiger charge is -2.18. The van der Waals surface area contributed by atoms with Crippen LogP contribution < -0.4 is 0 Å². The topological polar surface area (TPSA) is 46.5 Å². The van der Waals surface area contributed by atoms with Crippen LogP contribution in [-0.2, 0) is 9.53 Å². The van der Waals surface area contributed by atoms with E-state index in [9.17, 15) is 4.79 Å². The highest BCUT2D eigenvalue weighted by Crippen LogP contribution is 2.37. The van der Waals surface area contributed by atoms with Gasteiger partial charge >= 0.3 is 5.97 Å². The molecule has 0 radical (unpaired) electrons. The van der Waals surface area contributed by atoms with Crippen molar-refractivity contribution in [2.75, 3.05) is 7.11 Å². The van der Waals surface area contributed by atoms with Gasteiger partial charge in [0.05, 0.1) is 30.6 Å². The summed E-state index contributed by atoms with van der Waals surface area (Å²) in [5, 5.41) is 1.29. The van der Waals surface area contributed by atoms with Gasteiger partial charge in [0.2, 0.25) is 5.69 Å². The van der Waals surface area contributed by atoms with Gasteiger partial charge in [0.1, 0.15) is 0 Å². The van der Waals surface area contributed by atoms with Crippen molar-refractivity contribution < 1.29 is 9.53 Å².